The van der Waals surface area contributed by atoms with Gasteiger partial charge in [0, 0.05) is 37.3 Å². The Labute approximate surface area is 215 Å². The summed E-state index contributed by atoms with van der Waals surface area (Å²) in [5.41, 5.74) is 1.11. The predicted molar refractivity (Wildman–Crippen MR) is 135 cm³/mol. The number of imidazole rings is 1. The van der Waals surface area contributed by atoms with Gasteiger partial charge in [0.15, 0.2) is 17.3 Å². The molecule has 8 nitrogen and oxygen atoms in total. The third-order valence-electron chi connectivity index (χ3n) is 6.43. The van der Waals surface area contributed by atoms with Crippen molar-refractivity contribution in [1.82, 2.24) is 14.9 Å². The fourth-order valence-electron chi connectivity index (χ4n) is 4.32. The van der Waals surface area contributed by atoms with Crippen LogP contribution in [0.3, 0.4) is 0 Å². The Balaban J connectivity index is 1.31. The summed E-state index contributed by atoms with van der Waals surface area (Å²) in [6.07, 6.45) is 5.09. The number of aromatic nitrogens is 2. The van der Waals surface area contributed by atoms with Crippen LogP contribution >= 0.6 is 0 Å². The third-order valence-corrected chi connectivity index (χ3v) is 6.43. The van der Waals surface area contributed by atoms with E-state index in [0.29, 0.717) is 68.1 Å². The highest BCUT2D eigenvalue weighted by Crippen LogP contribution is 2.33. The number of unbranched alkanes of at least 4 members (excludes halogenated alkanes) is 2. The van der Waals surface area contributed by atoms with E-state index in [1.807, 2.05) is 17.7 Å². The number of fused-ring (bicyclic) bond motifs is 1. The maximum Gasteiger partial charge on any atom is 0.220 e. The summed E-state index contributed by atoms with van der Waals surface area (Å²) >= 11 is 0. The molecule has 0 spiro atoms. The number of ether oxygens (including phenoxy) is 2. The van der Waals surface area contributed by atoms with Crippen LogP contribution in [0.2, 0.25) is 0 Å². The SMILES string of the molecule is Cc1nccn1C[C@@H](NC(=O)CCCCCC(=O)c1ccc(F)cc1)C(O)c1ccc2c(c1)OCCO2. The zero-order valence-electron chi connectivity index (χ0n) is 20.9. The first-order valence-electron chi connectivity index (χ1n) is 12.5. The molecule has 0 saturated carbocycles. The largest absolute Gasteiger partial charge is 0.486 e. The second-order valence-electron chi connectivity index (χ2n) is 9.14. The molecule has 2 heterocycles. The van der Waals surface area contributed by atoms with E-state index in [1.165, 1.54) is 24.3 Å². The van der Waals surface area contributed by atoms with Crippen LogP contribution in [0.1, 0.15) is 60.0 Å². The number of nitrogens with zero attached hydrogens (tertiary/aromatic N) is 2. The number of carbonyl (C=O) groups excluding carboxylic acids is 2. The van der Waals surface area contributed by atoms with Crippen LogP contribution in [0, 0.1) is 12.7 Å². The molecule has 9 heteroatoms. The van der Waals surface area contributed by atoms with Crippen molar-refractivity contribution in [2.24, 2.45) is 0 Å². The Hall–Kier alpha value is -3.72. The van der Waals surface area contributed by atoms with Gasteiger partial charge in [0.1, 0.15) is 31.0 Å². The van der Waals surface area contributed by atoms with Gasteiger partial charge in [-0.25, -0.2) is 9.37 Å². The standard InChI is InChI=1S/C28H32FN3O5/c1-19-30-13-14-32(19)18-23(28(35)21-9-12-25-26(17-21)37-16-15-36-25)31-27(34)6-4-2-3-5-24(33)20-7-10-22(29)11-8-20/h7-14,17,23,28,35H,2-6,15-16,18H2,1H3,(H,31,34)/t23-,28?/m1/s1. The number of benzene rings is 2. The van der Waals surface area contributed by atoms with Gasteiger partial charge in [-0.2, -0.15) is 0 Å². The topological polar surface area (TPSA) is 103 Å². The number of nitrogens with one attached hydrogen (secondary N) is 1. The average Bonchev–Trinajstić information content (AvgIpc) is 3.31. The summed E-state index contributed by atoms with van der Waals surface area (Å²) in [5, 5.41) is 14.2. The molecule has 0 saturated heterocycles. The first-order valence-corrected chi connectivity index (χ1v) is 12.5. The van der Waals surface area contributed by atoms with Crippen LogP contribution in [0.5, 0.6) is 11.5 Å². The second kappa shape index (κ2) is 12.5. The summed E-state index contributed by atoms with van der Waals surface area (Å²) in [4.78, 5) is 29.2. The van der Waals surface area contributed by atoms with Gasteiger partial charge in [0.25, 0.3) is 0 Å². The van der Waals surface area contributed by atoms with Crippen LogP contribution in [0.15, 0.2) is 54.9 Å². The number of aryl methyl sites for hydroxylation is 1. The molecule has 1 aliphatic rings. The molecule has 0 bridgehead atoms. The third kappa shape index (κ3) is 7.16. The lowest BCUT2D eigenvalue weighted by atomic mass is 10.0. The minimum atomic E-state index is -0.977. The maximum atomic E-state index is 13.0. The highest BCUT2D eigenvalue weighted by molar-refractivity contribution is 5.95. The summed E-state index contributed by atoms with van der Waals surface area (Å²) in [5.74, 6) is 1.39. The van der Waals surface area contributed by atoms with Gasteiger partial charge in [0.2, 0.25) is 5.91 Å². The van der Waals surface area contributed by atoms with Gasteiger partial charge in [0.05, 0.1) is 6.04 Å². The van der Waals surface area contributed by atoms with Crippen LogP contribution in [-0.2, 0) is 11.3 Å². The molecule has 1 aromatic heterocycles. The van der Waals surface area contributed by atoms with Gasteiger partial charge in [-0.05, 0) is 61.7 Å². The molecule has 4 rings (SSSR count). The number of amides is 1. The van der Waals surface area contributed by atoms with E-state index in [-0.39, 0.29) is 23.9 Å². The van der Waals surface area contributed by atoms with E-state index in [9.17, 15) is 19.1 Å². The van der Waals surface area contributed by atoms with Crippen molar-refractivity contribution in [1.29, 1.82) is 0 Å². The number of halogens is 1. The van der Waals surface area contributed by atoms with Crippen molar-refractivity contribution in [3.05, 3.63) is 77.6 Å². The fraction of sp³-hybridized carbons (Fsp3) is 0.393. The molecule has 3 aromatic rings. The molecule has 0 radical (unpaired) electrons. The number of carbonyl (C=O) groups is 2. The number of aliphatic hydroxyl groups excluding tert-OH is 1. The molecule has 1 unspecified atom stereocenters. The zero-order chi connectivity index (χ0) is 26.2. The lowest BCUT2D eigenvalue weighted by Gasteiger charge is -2.27. The van der Waals surface area contributed by atoms with Crippen molar-refractivity contribution >= 4 is 11.7 Å². The van der Waals surface area contributed by atoms with E-state index in [2.05, 4.69) is 10.3 Å². The monoisotopic (exact) mass is 509 g/mol. The van der Waals surface area contributed by atoms with Crippen molar-refractivity contribution in [2.75, 3.05) is 13.2 Å². The predicted octanol–water partition coefficient (Wildman–Crippen LogP) is 4.15. The quantitative estimate of drug-likeness (QED) is 0.281. The van der Waals surface area contributed by atoms with E-state index >= 15 is 0 Å². The number of hydrogen-bond acceptors (Lipinski definition) is 6. The van der Waals surface area contributed by atoms with Crippen LogP contribution in [-0.4, -0.2) is 45.6 Å². The Morgan fingerprint density at radius 2 is 1.78 bits per heavy atom. The van der Waals surface area contributed by atoms with Gasteiger partial charge >= 0.3 is 0 Å². The molecule has 37 heavy (non-hydrogen) atoms. The Bertz CT molecular complexity index is 1210. The van der Waals surface area contributed by atoms with Crippen molar-refractivity contribution < 1.29 is 28.6 Å². The molecule has 1 aliphatic heterocycles. The van der Waals surface area contributed by atoms with E-state index in [0.717, 1.165) is 5.82 Å². The van der Waals surface area contributed by atoms with Gasteiger partial charge in [-0.3, -0.25) is 9.59 Å². The summed E-state index contributed by atoms with van der Waals surface area (Å²) in [6, 6.07) is 10.2. The summed E-state index contributed by atoms with van der Waals surface area (Å²) < 4.78 is 26.1. The molecular formula is C28H32FN3O5. The molecular weight excluding hydrogens is 477 g/mol. The first kappa shape index (κ1) is 26.3. The smallest absolute Gasteiger partial charge is 0.220 e. The minimum absolute atomic E-state index is 0.0391. The van der Waals surface area contributed by atoms with Crippen LogP contribution in [0.25, 0.3) is 0 Å². The first-order chi connectivity index (χ1) is 17.9. The highest BCUT2D eigenvalue weighted by Gasteiger charge is 2.25. The van der Waals surface area contributed by atoms with Gasteiger partial charge < -0.3 is 24.5 Å². The number of Topliss-reactive ketones (excluding diaryl/α,β-unsaturated/α-hetero) is 1. The van der Waals surface area contributed by atoms with Crippen molar-refractivity contribution in [3.63, 3.8) is 0 Å². The summed E-state index contributed by atoms with van der Waals surface area (Å²) in [6.45, 7) is 3.13. The number of rotatable bonds is 12. The normalized spacial score (nSPS) is 14.1. The van der Waals surface area contributed by atoms with Gasteiger partial charge in [-0.1, -0.05) is 12.5 Å². The fourth-order valence-corrected chi connectivity index (χ4v) is 4.32. The molecule has 2 aromatic carbocycles. The Morgan fingerprint density at radius 3 is 2.51 bits per heavy atom. The molecule has 0 aliphatic carbocycles. The maximum absolute atomic E-state index is 13.0. The Kier molecular flexibility index (Phi) is 8.90. The van der Waals surface area contributed by atoms with Crippen molar-refractivity contribution in [2.45, 2.75) is 57.7 Å². The minimum Gasteiger partial charge on any atom is -0.486 e. The second-order valence-corrected chi connectivity index (χ2v) is 9.14. The average molecular weight is 510 g/mol. The molecule has 2 atom stereocenters. The number of aliphatic hydroxyl groups is 1. The lowest BCUT2D eigenvalue weighted by Crippen LogP contribution is -2.42. The van der Waals surface area contributed by atoms with E-state index in [1.54, 1.807) is 24.4 Å². The van der Waals surface area contributed by atoms with Crippen LogP contribution in [0.4, 0.5) is 4.39 Å². The van der Waals surface area contributed by atoms with Crippen molar-refractivity contribution in [3.8, 4) is 11.5 Å². The number of ketones is 1. The zero-order valence-corrected chi connectivity index (χ0v) is 20.9. The summed E-state index contributed by atoms with van der Waals surface area (Å²) in [7, 11) is 0. The van der Waals surface area contributed by atoms with Crippen LogP contribution < -0.4 is 14.8 Å². The van der Waals surface area contributed by atoms with E-state index < -0.39 is 12.1 Å². The molecule has 2 N–H and O–H groups in total. The highest BCUT2D eigenvalue weighted by atomic mass is 19.1. The Morgan fingerprint density at radius 1 is 1.05 bits per heavy atom. The molecule has 0 fully saturated rings. The molecule has 1 amide bonds. The number of hydrogen-bond donors (Lipinski definition) is 2. The lowest BCUT2D eigenvalue weighted by molar-refractivity contribution is -0.123. The molecule has 196 valence electrons. The van der Waals surface area contributed by atoms with E-state index in [4.69, 9.17) is 9.47 Å². The van der Waals surface area contributed by atoms with Gasteiger partial charge in [-0.15, -0.1) is 0 Å².